The number of carbonyl (C=O) groups excluding carboxylic acids is 1. The smallest absolute Gasteiger partial charge is 0.344 e. The summed E-state index contributed by atoms with van der Waals surface area (Å²) in [5, 5.41) is 0.854. The molecule has 0 aliphatic heterocycles. The summed E-state index contributed by atoms with van der Waals surface area (Å²) in [4.78, 5) is 28.6. The number of nitrogens with one attached hydrogen (secondary N) is 1. The van der Waals surface area contributed by atoms with Crippen LogP contribution >= 0.6 is 11.6 Å². The number of aryl methyl sites for hydroxylation is 1. The summed E-state index contributed by atoms with van der Waals surface area (Å²) in [7, 11) is 0. The Morgan fingerprint density at radius 3 is 2.71 bits per heavy atom. The Balaban J connectivity index is 2.49. The molecular formula is C18H17ClN2O3. The summed E-state index contributed by atoms with van der Waals surface area (Å²) < 4.78 is 7.05. The monoisotopic (exact) mass is 344 g/mol. The van der Waals surface area contributed by atoms with Crippen LogP contribution in [0.2, 0.25) is 5.02 Å². The van der Waals surface area contributed by atoms with Crippen LogP contribution in [0, 0.1) is 0 Å². The van der Waals surface area contributed by atoms with Crippen molar-refractivity contribution in [1.82, 2.24) is 9.55 Å². The average molecular weight is 345 g/mol. The fraction of sp³-hybridized carbons (Fsp3) is 0.222. The van der Waals surface area contributed by atoms with Gasteiger partial charge in [-0.2, -0.15) is 0 Å². The number of pyridine rings is 1. The molecule has 0 unspecified atom stereocenters. The number of fused-ring (bicyclic) bond motifs is 1. The number of ether oxygens (including phenoxy) is 1. The number of nitrogens with zero attached hydrogens (tertiary/aromatic N) is 1. The highest BCUT2D eigenvalue weighted by molar-refractivity contribution is 6.31. The lowest BCUT2D eigenvalue weighted by molar-refractivity contribution is 0.0525. The number of hydrogen-bond donors (Lipinski definition) is 1. The predicted octanol–water partition coefficient (Wildman–Crippen LogP) is 3.85. The zero-order chi connectivity index (χ0) is 17.3. The molecule has 0 bridgehead atoms. The molecule has 3 rings (SSSR count). The van der Waals surface area contributed by atoms with Gasteiger partial charge in [-0.15, -0.1) is 0 Å². The molecule has 0 atom stereocenters. The zero-order valence-corrected chi connectivity index (χ0v) is 14.2. The lowest BCUT2D eigenvalue weighted by Crippen LogP contribution is -2.24. The quantitative estimate of drug-likeness (QED) is 0.731. The molecule has 5 nitrogen and oxygen atoms in total. The summed E-state index contributed by atoms with van der Waals surface area (Å²) in [5.74, 6) is -0.629. The van der Waals surface area contributed by atoms with Crippen molar-refractivity contribution in [3.05, 3.63) is 57.3 Å². The third-order valence-electron chi connectivity index (χ3n) is 3.88. The first-order valence-electron chi connectivity index (χ1n) is 7.75. The van der Waals surface area contributed by atoms with E-state index >= 15 is 0 Å². The fourth-order valence-electron chi connectivity index (χ4n) is 2.90. The van der Waals surface area contributed by atoms with Crippen molar-refractivity contribution in [2.75, 3.05) is 6.61 Å². The number of benzene rings is 1. The van der Waals surface area contributed by atoms with Crippen LogP contribution in [0.5, 0.6) is 0 Å². The van der Waals surface area contributed by atoms with E-state index in [0.29, 0.717) is 28.3 Å². The van der Waals surface area contributed by atoms with E-state index < -0.39 is 5.97 Å². The molecule has 0 amide bonds. The van der Waals surface area contributed by atoms with Crippen LogP contribution in [0.25, 0.3) is 22.3 Å². The van der Waals surface area contributed by atoms with Crippen LogP contribution in [0.15, 0.2) is 41.3 Å². The van der Waals surface area contributed by atoms with Gasteiger partial charge in [-0.1, -0.05) is 11.6 Å². The normalized spacial score (nSPS) is 11.0. The van der Waals surface area contributed by atoms with E-state index in [2.05, 4.69) is 4.98 Å². The zero-order valence-electron chi connectivity index (χ0n) is 13.4. The first-order chi connectivity index (χ1) is 11.6. The molecule has 0 fully saturated rings. The van der Waals surface area contributed by atoms with Gasteiger partial charge in [-0.3, -0.25) is 4.79 Å². The van der Waals surface area contributed by atoms with E-state index in [9.17, 15) is 9.59 Å². The Labute approximate surface area is 143 Å². The van der Waals surface area contributed by atoms with Gasteiger partial charge in [0, 0.05) is 23.2 Å². The van der Waals surface area contributed by atoms with E-state index in [0.717, 1.165) is 5.52 Å². The number of aromatic amines is 1. The molecule has 0 aliphatic rings. The molecule has 124 valence electrons. The largest absolute Gasteiger partial charge is 0.462 e. The molecule has 2 heterocycles. The highest BCUT2D eigenvalue weighted by Gasteiger charge is 2.24. The highest BCUT2D eigenvalue weighted by atomic mass is 35.5. The number of esters is 1. The van der Waals surface area contributed by atoms with Crippen LogP contribution in [0.3, 0.4) is 0 Å². The molecule has 1 N–H and O–H groups in total. The van der Waals surface area contributed by atoms with Gasteiger partial charge in [0.25, 0.3) is 0 Å². The fourth-order valence-corrected chi connectivity index (χ4v) is 3.07. The van der Waals surface area contributed by atoms with Crippen molar-refractivity contribution < 1.29 is 9.53 Å². The maximum absolute atomic E-state index is 13.0. The second-order valence-electron chi connectivity index (χ2n) is 5.26. The number of hydrogen-bond acceptors (Lipinski definition) is 3. The van der Waals surface area contributed by atoms with Crippen LogP contribution < -0.4 is 5.43 Å². The number of halogens is 1. The number of aromatic nitrogens is 2. The maximum Gasteiger partial charge on any atom is 0.344 e. The molecule has 0 saturated carbocycles. The second kappa shape index (κ2) is 6.53. The SMILES string of the molecule is CCOC(=O)c1c(-c2ccc[nH]2)n(CC)c2ccc(Cl)cc2c1=O. The number of rotatable bonds is 4. The molecule has 0 radical (unpaired) electrons. The molecule has 6 heteroatoms. The van der Waals surface area contributed by atoms with Crippen molar-refractivity contribution in [3.8, 4) is 11.4 Å². The summed E-state index contributed by atoms with van der Waals surface area (Å²) in [6.07, 6.45) is 1.75. The van der Waals surface area contributed by atoms with E-state index in [-0.39, 0.29) is 17.6 Å². The van der Waals surface area contributed by atoms with Crippen molar-refractivity contribution in [2.24, 2.45) is 0 Å². The molecular weight excluding hydrogens is 328 g/mol. The molecule has 3 aromatic rings. The van der Waals surface area contributed by atoms with Crippen molar-refractivity contribution >= 4 is 28.5 Å². The van der Waals surface area contributed by atoms with Gasteiger partial charge in [0.15, 0.2) is 0 Å². The van der Waals surface area contributed by atoms with E-state index in [4.69, 9.17) is 16.3 Å². The van der Waals surface area contributed by atoms with E-state index in [1.165, 1.54) is 0 Å². The summed E-state index contributed by atoms with van der Waals surface area (Å²) in [6.45, 7) is 4.45. The lowest BCUT2D eigenvalue weighted by atomic mass is 10.0. The van der Waals surface area contributed by atoms with Gasteiger partial charge >= 0.3 is 5.97 Å². The predicted molar refractivity (Wildman–Crippen MR) is 94.6 cm³/mol. The Morgan fingerprint density at radius 2 is 2.08 bits per heavy atom. The molecule has 0 saturated heterocycles. The van der Waals surface area contributed by atoms with Crippen LogP contribution in [-0.4, -0.2) is 22.1 Å². The Morgan fingerprint density at radius 1 is 1.29 bits per heavy atom. The topological polar surface area (TPSA) is 64.1 Å². The van der Waals surface area contributed by atoms with E-state index in [1.54, 1.807) is 31.3 Å². The summed E-state index contributed by atoms with van der Waals surface area (Å²) in [5.41, 5.74) is 1.59. The Hall–Kier alpha value is -2.53. The average Bonchev–Trinajstić information content (AvgIpc) is 3.09. The van der Waals surface area contributed by atoms with Gasteiger partial charge < -0.3 is 14.3 Å². The second-order valence-corrected chi connectivity index (χ2v) is 5.70. The third kappa shape index (κ3) is 2.61. The Bertz CT molecular complexity index is 959. The maximum atomic E-state index is 13.0. The third-order valence-corrected chi connectivity index (χ3v) is 4.11. The molecule has 0 spiro atoms. The minimum absolute atomic E-state index is 0.0240. The first-order valence-corrected chi connectivity index (χ1v) is 8.13. The van der Waals surface area contributed by atoms with Crippen molar-refractivity contribution in [2.45, 2.75) is 20.4 Å². The van der Waals surface area contributed by atoms with Crippen molar-refractivity contribution in [3.63, 3.8) is 0 Å². The van der Waals surface area contributed by atoms with Gasteiger partial charge in [-0.05, 0) is 44.2 Å². The molecule has 2 aromatic heterocycles. The minimum atomic E-state index is -0.629. The molecule has 1 aromatic carbocycles. The van der Waals surface area contributed by atoms with E-state index in [1.807, 2.05) is 23.6 Å². The van der Waals surface area contributed by atoms with Gasteiger partial charge in [0.05, 0.1) is 23.5 Å². The van der Waals surface area contributed by atoms with Crippen LogP contribution in [0.4, 0.5) is 0 Å². The highest BCUT2D eigenvalue weighted by Crippen LogP contribution is 2.27. The van der Waals surface area contributed by atoms with Crippen LogP contribution in [-0.2, 0) is 11.3 Å². The van der Waals surface area contributed by atoms with Crippen molar-refractivity contribution in [1.29, 1.82) is 0 Å². The molecule has 24 heavy (non-hydrogen) atoms. The lowest BCUT2D eigenvalue weighted by Gasteiger charge is -2.18. The van der Waals surface area contributed by atoms with Gasteiger partial charge in [0.2, 0.25) is 5.43 Å². The summed E-state index contributed by atoms with van der Waals surface area (Å²) in [6, 6.07) is 8.76. The first kappa shape index (κ1) is 16.3. The molecule has 0 aliphatic carbocycles. The number of carbonyl (C=O) groups is 1. The number of H-pyrrole nitrogens is 1. The van der Waals surface area contributed by atoms with Gasteiger partial charge in [-0.25, -0.2) is 4.79 Å². The Kier molecular flexibility index (Phi) is 4.44. The summed E-state index contributed by atoms with van der Waals surface area (Å²) >= 11 is 6.05. The van der Waals surface area contributed by atoms with Gasteiger partial charge in [0.1, 0.15) is 5.56 Å². The van der Waals surface area contributed by atoms with Crippen LogP contribution in [0.1, 0.15) is 24.2 Å². The standard InChI is InChI=1S/C18H17ClN2O3/c1-3-21-14-8-7-11(19)10-12(14)17(22)15(18(23)24-4-2)16(21)13-6-5-9-20-13/h5-10,20H,3-4H2,1-2H3. The minimum Gasteiger partial charge on any atom is -0.462 e.